The Hall–Kier alpha value is -2.03. The van der Waals surface area contributed by atoms with Crippen LogP contribution < -0.4 is 5.73 Å². The van der Waals surface area contributed by atoms with Crippen LogP contribution in [-0.4, -0.2) is 49.3 Å². The number of hydrogen-bond acceptors (Lipinski definition) is 8. The molecule has 0 aliphatic carbocycles. The summed E-state index contributed by atoms with van der Waals surface area (Å²) < 4.78 is 32.6. The Morgan fingerprint density at radius 2 is 1.06 bits per heavy atom. The van der Waals surface area contributed by atoms with Gasteiger partial charge >= 0.3 is 19.8 Å². The van der Waals surface area contributed by atoms with Gasteiger partial charge in [0.15, 0.2) is 6.10 Å². The van der Waals surface area contributed by atoms with Crippen molar-refractivity contribution in [1.82, 2.24) is 0 Å². The molecule has 0 radical (unpaired) electrons. The lowest BCUT2D eigenvalue weighted by Crippen LogP contribution is -2.29. The van der Waals surface area contributed by atoms with E-state index in [4.69, 9.17) is 24.3 Å². The smallest absolute Gasteiger partial charge is 0.462 e. The number of allylic oxidation sites excluding steroid dienone is 8. The number of rotatable bonds is 37. The highest BCUT2D eigenvalue weighted by atomic mass is 31.2. The maximum absolute atomic E-state index is 12.5. The first-order valence-corrected chi connectivity index (χ1v) is 21.6. The summed E-state index contributed by atoms with van der Waals surface area (Å²) in [4.78, 5) is 34.7. The van der Waals surface area contributed by atoms with Gasteiger partial charge in [0.1, 0.15) is 6.61 Å². The highest BCUT2D eigenvalue weighted by Gasteiger charge is 2.25. The Morgan fingerprint density at radius 1 is 0.588 bits per heavy atom. The van der Waals surface area contributed by atoms with Gasteiger partial charge < -0.3 is 20.1 Å². The number of ether oxygens (including phenoxy) is 2. The van der Waals surface area contributed by atoms with Crippen LogP contribution in [0.1, 0.15) is 168 Å². The van der Waals surface area contributed by atoms with Gasteiger partial charge in [0.2, 0.25) is 0 Å². The van der Waals surface area contributed by atoms with Crippen molar-refractivity contribution < 1.29 is 37.6 Å². The normalized spacial score (nSPS) is 13.9. The first-order chi connectivity index (χ1) is 24.8. The second-order valence-corrected chi connectivity index (χ2v) is 14.6. The average Bonchev–Trinajstić information content (AvgIpc) is 3.11. The lowest BCUT2D eigenvalue weighted by molar-refractivity contribution is -0.161. The molecule has 0 aromatic heterocycles. The van der Waals surface area contributed by atoms with Crippen LogP contribution in [0.5, 0.6) is 0 Å². The maximum atomic E-state index is 12.5. The van der Waals surface area contributed by atoms with E-state index in [1.54, 1.807) is 0 Å². The van der Waals surface area contributed by atoms with E-state index in [0.29, 0.717) is 6.42 Å². The summed E-state index contributed by atoms with van der Waals surface area (Å²) in [7, 11) is -4.39. The molecular formula is C41H74NO8P. The lowest BCUT2D eigenvalue weighted by Gasteiger charge is -2.19. The SMILES string of the molecule is CCCCCCC=CCC=CCC=CCC=CCCC(=O)OC(COC(=O)CCCCCCCCCCCCCCC)COP(=O)(O)OCCN. The first-order valence-electron chi connectivity index (χ1n) is 20.1. The maximum Gasteiger partial charge on any atom is 0.472 e. The van der Waals surface area contributed by atoms with E-state index in [9.17, 15) is 19.0 Å². The molecule has 0 amide bonds. The summed E-state index contributed by atoms with van der Waals surface area (Å²) in [6.07, 6.45) is 41.5. The van der Waals surface area contributed by atoms with E-state index in [1.165, 1.54) is 96.3 Å². The second kappa shape index (κ2) is 37.7. The second-order valence-electron chi connectivity index (χ2n) is 13.2. The quantitative estimate of drug-likeness (QED) is 0.0276. The molecule has 2 unspecified atom stereocenters. The van der Waals surface area contributed by atoms with E-state index in [2.05, 4.69) is 50.3 Å². The fourth-order valence-electron chi connectivity index (χ4n) is 5.23. The Labute approximate surface area is 311 Å². The van der Waals surface area contributed by atoms with Crippen LogP contribution in [-0.2, 0) is 32.7 Å². The van der Waals surface area contributed by atoms with Gasteiger partial charge in [-0.25, -0.2) is 4.57 Å². The molecule has 0 heterocycles. The number of nitrogens with two attached hydrogens (primary N) is 1. The Balaban J connectivity index is 4.32. The molecule has 9 nitrogen and oxygen atoms in total. The van der Waals surface area contributed by atoms with Gasteiger partial charge in [0, 0.05) is 19.4 Å². The number of carbonyl (C=O) groups excluding carboxylic acids is 2. The van der Waals surface area contributed by atoms with Gasteiger partial charge in [-0.2, -0.15) is 0 Å². The molecule has 296 valence electrons. The van der Waals surface area contributed by atoms with Crippen LogP contribution >= 0.6 is 7.82 Å². The van der Waals surface area contributed by atoms with Crippen LogP contribution in [0.15, 0.2) is 48.6 Å². The number of esters is 2. The van der Waals surface area contributed by atoms with Gasteiger partial charge in [-0.3, -0.25) is 18.6 Å². The molecule has 10 heteroatoms. The molecule has 0 aromatic carbocycles. The van der Waals surface area contributed by atoms with Crippen molar-refractivity contribution >= 4 is 19.8 Å². The third-order valence-corrected chi connectivity index (χ3v) is 9.22. The summed E-state index contributed by atoms with van der Waals surface area (Å²) in [5.41, 5.74) is 5.33. The summed E-state index contributed by atoms with van der Waals surface area (Å²) in [6, 6.07) is 0. The van der Waals surface area contributed by atoms with E-state index < -0.39 is 32.5 Å². The van der Waals surface area contributed by atoms with Crippen LogP contribution in [0, 0.1) is 0 Å². The summed E-state index contributed by atoms with van der Waals surface area (Å²) in [5, 5.41) is 0. The highest BCUT2D eigenvalue weighted by molar-refractivity contribution is 7.47. The molecule has 2 atom stereocenters. The van der Waals surface area contributed by atoms with Gasteiger partial charge in [-0.15, -0.1) is 0 Å². The van der Waals surface area contributed by atoms with Crippen molar-refractivity contribution in [3.63, 3.8) is 0 Å². The van der Waals surface area contributed by atoms with Crippen LogP contribution in [0.3, 0.4) is 0 Å². The van der Waals surface area contributed by atoms with Crippen molar-refractivity contribution in [2.75, 3.05) is 26.4 Å². The van der Waals surface area contributed by atoms with Crippen LogP contribution in [0.4, 0.5) is 0 Å². The van der Waals surface area contributed by atoms with Gasteiger partial charge in [-0.1, -0.05) is 159 Å². The van der Waals surface area contributed by atoms with E-state index >= 15 is 0 Å². The number of unbranched alkanes of at least 4 members (excludes halogenated alkanes) is 16. The molecule has 51 heavy (non-hydrogen) atoms. The zero-order chi connectivity index (χ0) is 37.5. The average molecular weight is 740 g/mol. The topological polar surface area (TPSA) is 134 Å². The van der Waals surface area contributed by atoms with E-state index in [0.717, 1.165) is 38.5 Å². The molecule has 0 rings (SSSR count). The number of hydrogen-bond donors (Lipinski definition) is 2. The molecule has 0 saturated heterocycles. The molecule has 3 N–H and O–H groups in total. The fourth-order valence-corrected chi connectivity index (χ4v) is 5.99. The number of phosphoric ester groups is 1. The van der Waals surface area contributed by atoms with Crippen molar-refractivity contribution in [2.24, 2.45) is 5.73 Å². The van der Waals surface area contributed by atoms with Crippen LogP contribution in [0.25, 0.3) is 0 Å². The van der Waals surface area contributed by atoms with Crippen molar-refractivity contribution in [3.8, 4) is 0 Å². The molecule has 0 aliphatic rings. The predicted octanol–water partition coefficient (Wildman–Crippen LogP) is 11.2. The molecule has 0 spiro atoms. The minimum Gasteiger partial charge on any atom is -0.462 e. The molecule has 0 fully saturated rings. The first kappa shape index (κ1) is 49.0. The van der Waals surface area contributed by atoms with Gasteiger partial charge in [0.25, 0.3) is 0 Å². The van der Waals surface area contributed by atoms with Crippen molar-refractivity contribution in [1.29, 1.82) is 0 Å². The molecule has 0 saturated carbocycles. The summed E-state index contributed by atoms with van der Waals surface area (Å²) >= 11 is 0. The zero-order valence-corrected chi connectivity index (χ0v) is 33.2. The van der Waals surface area contributed by atoms with Crippen molar-refractivity contribution in [2.45, 2.75) is 174 Å². The lowest BCUT2D eigenvalue weighted by atomic mass is 10.0. The molecular weight excluding hydrogens is 665 g/mol. The number of phosphoric acid groups is 1. The Kier molecular flexibility index (Phi) is 36.2. The van der Waals surface area contributed by atoms with Gasteiger partial charge in [-0.05, 0) is 44.9 Å². The Bertz CT molecular complexity index is 981. The molecule has 0 bridgehead atoms. The van der Waals surface area contributed by atoms with E-state index in [-0.39, 0.29) is 32.6 Å². The summed E-state index contributed by atoms with van der Waals surface area (Å²) in [5.74, 6) is -0.922. The minimum absolute atomic E-state index is 0.0423. The standard InChI is InChI=1S/C41H74NO8P/c1-3-5-7-9-11-13-15-17-18-19-20-22-24-26-28-30-32-34-41(44)50-39(38-49-51(45,46)48-36-35-42)37-47-40(43)33-31-29-27-25-23-21-16-14-12-10-8-6-4-2/h13,15,18-19,22,24,28,30,39H,3-12,14,16-17,20-21,23,25-27,29,31-38,42H2,1-2H3,(H,45,46). The van der Waals surface area contributed by atoms with Crippen molar-refractivity contribution in [3.05, 3.63) is 48.6 Å². The third-order valence-electron chi connectivity index (χ3n) is 8.23. The third kappa shape index (κ3) is 37.5. The minimum atomic E-state index is -4.39. The highest BCUT2D eigenvalue weighted by Crippen LogP contribution is 2.43. The van der Waals surface area contributed by atoms with E-state index in [1.807, 2.05) is 12.2 Å². The largest absolute Gasteiger partial charge is 0.472 e. The monoisotopic (exact) mass is 740 g/mol. The zero-order valence-electron chi connectivity index (χ0n) is 32.3. The van der Waals surface area contributed by atoms with Gasteiger partial charge in [0.05, 0.1) is 13.2 Å². The summed E-state index contributed by atoms with van der Waals surface area (Å²) in [6.45, 7) is 3.62. The predicted molar refractivity (Wildman–Crippen MR) is 210 cm³/mol. The van der Waals surface area contributed by atoms with Crippen LogP contribution in [0.2, 0.25) is 0 Å². The molecule has 0 aromatic rings. The number of carbonyl (C=O) groups is 2. The fraction of sp³-hybridized carbons (Fsp3) is 0.756. The Morgan fingerprint density at radius 3 is 1.59 bits per heavy atom. The molecule has 0 aliphatic heterocycles.